The lowest BCUT2D eigenvalue weighted by Gasteiger charge is -2.12. The topological polar surface area (TPSA) is 35.5 Å². The zero-order chi connectivity index (χ0) is 15.1. The van der Waals surface area contributed by atoms with Gasteiger partial charge in [0.15, 0.2) is 17.3 Å². The molecule has 0 amide bonds. The number of rotatable bonds is 7. The van der Waals surface area contributed by atoms with E-state index in [4.69, 9.17) is 9.47 Å². The number of benzene rings is 2. The fraction of sp³-hybridized carbons (Fsp3) is 0.278. The number of hydrogen-bond acceptors (Lipinski definition) is 3. The number of ether oxygens (including phenoxy) is 2. The Bertz CT molecular complexity index is 588. The molecule has 0 saturated heterocycles. The fourth-order valence-electron chi connectivity index (χ4n) is 1.91. The van der Waals surface area contributed by atoms with E-state index in [0.29, 0.717) is 30.1 Å². The van der Waals surface area contributed by atoms with Gasteiger partial charge in [0.25, 0.3) is 0 Å². The van der Waals surface area contributed by atoms with Gasteiger partial charge in [-0.3, -0.25) is 4.79 Å². The highest BCUT2D eigenvalue weighted by atomic mass is 16.5. The molecule has 0 aliphatic rings. The molecule has 0 saturated carbocycles. The lowest BCUT2D eigenvalue weighted by molar-refractivity contribution is 0.0988. The molecular formula is C18H20O3. The standard InChI is InChI=1S/C18H20O3/c1-3-13-20-17-7-5-6-8-18(17)21-15-11-9-14(10-12-15)16(19)4-2/h5-12H,3-4,13H2,1-2H3. The van der Waals surface area contributed by atoms with Gasteiger partial charge in [-0.05, 0) is 42.8 Å². The second-order valence-corrected chi connectivity index (χ2v) is 4.70. The zero-order valence-electron chi connectivity index (χ0n) is 12.5. The van der Waals surface area contributed by atoms with Crippen LogP contribution >= 0.6 is 0 Å². The molecule has 0 unspecified atom stereocenters. The molecule has 21 heavy (non-hydrogen) atoms. The van der Waals surface area contributed by atoms with Crippen molar-refractivity contribution in [2.45, 2.75) is 26.7 Å². The van der Waals surface area contributed by atoms with Gasteiger partial charge in [0.1, 0.15) is 5.75 Å². The molecule has 2 rings (SSSR count). The first-order valence-electron chi connectivity index (χ1n) is 7.27. The molecular weight excluding hydrogens is 264 g/mol. The Morgan fingerprint density at radius 2 is 1.62 bits per heavy atom. The monoisotopic (exact) mass is 284 g/mol. The van der Waals surface area contributed by atoms with Crippen LogP contribution in [0, 0.1) is 0 Å². The number of carbonyl (C=O) groups excluding carboxylic acids is 1. The van der Waals surface area contributed by atoms with Gasteiger partial charge in [-0.2, -0.15) is 0 Å². The molecule has 0 bridgehead atoms. The van der Waals surface area contributed by atoms with Crippen molar-refractivity contribution in [2.75, 3.05) is 6.61 Å². The summed E-state index contributed by atoms with van der Waals surface area (Å²) < 4.78 is 11.5. The van der Waals surface area contributed by atoms with E-state index in [9.17, 15) is 4.79 Å². The van der Waals surface area contributed by atoms with Gasteiger partial charge in [0.05, 0.1) is 6.61 Å². The molecule has 0 atom stereocenters. The fourth-order valence-corrected chi connectivity index (χ4v) is 1.91. The largest absolute Gasteiger partial charge is 0.490 e. The molecule has 110 valence electrons. The van der Waals surface area contributed by atoms with Crippen LogP contribution in [-0.2, 0) is 0 Å². The third-order valence-electron chi connectivity index (χ3n) is 3.04. The summed E-state index contributed by atoms with van der Waals surface area (Å²) in [5.41, 5.74) is 0.709. The van der Waals surface area contributed by atoms with Crippen LogP contribution in [0.15, 0.2) is 48.5 Å². The van der Waals surface area contributed by atoms with Crippen molar-refractivity contribution in [3.8, 4) is 17.2 Å². The number of para-hydroxylation sites is 2. The summed E-state index contributed by atoms with van der Waals surface area (Å²) >= 11 is 0. The van der Waals surface area contributed by atoms with Crippen molar-refractivity contribution < 1.29 is 14.3 Å². The van der Waals surface area contributed by atoms with E-state index in [2.05, 4.69) is 6.92 Å². The van der Waals surface area contributed by atoms with Gasteiger partial charge in [-0.15, -0.1) is 0 Å². The van der Waals surface area contributed by atoms with Crippen LogP contribution in [0.5, 0.6) is 17.2 Å². The van der Waals surface area contributed by atoms with Gasteiger partial charge in [0, 0.05) is 12.0 Å². The van der Waals surface area contributed by atoms with E-state index >= 15 is 0 Å². The van der Waals surface area contributed by atoms with Gasteiger partial charge in [-0.1, -0.05) is 26.0 Å². The van der Waals surface area contributed by atoms with Crippen LogP contribution in [0.4, 0.5) is 0 Å². The molecule has 0 heterocycles. The number of carbonyl (C=O) groups is 1. The molecule has 2 aromatic rings. The second-order valence-electron chi connectivity index (χ2n) is 4.70. The molecule has 2 aromatic carbocycles. The highest BCUT2D eigenvalue weighted by Gasteiger charge is 2.07. The first kappa shape index (κ1) is 15.1. The molecule has 0 N–H and O–H groups in total. The Hall–Kier alpha value is -2.29. The summed E-state index contributed by atoms with van der Waals surface area (Å²) in [4.78, 5) is 11.6. The lowest BCUT2D eigenvalue weighted by Crippen LogP contribution is -1.98. The number of hydrogen-bond donors (Lipinski definition) is 0. The van der Waals surface area contributed by atoms with Gasteiger partial charge >= 0.3 is 0 Å². The minimum Gasteiger partial charge on any atom is -0.490 e. The van der Waals surface area contributed by atoms with E-state index in [1.807, 2.05) is 31.2 Å². The van der Waals surface area contributed by atoms with Crippen molar-refractivity contribution in [1.82, 2.24) is 0 Å². The van der Waals surface area contributed by atoms with Gasteiger partial charge in [0.2, 0.25) is 0 Å². The van der Waals surface area contributed by atoms with Crippen LogP contribution in [0.2, 0.25) is 0 Å². The van der Waals surface area contributed by atoms with Crippen LogP contribution in [0.3, 0.4) is 0 Å². The highest BCUT2D eigenvalue weighted by Crippen LogP contribution is 2.31. The quantitative estimate of drug-likeness (QED) is 0.681. The van der Waals surface area contributed by atoms with Gasteiger partial charge in [-0.25, -0.2) is 0 Å². The average molecular weight is 284 g/mol. The highest BCUT2D eigenvalue weighted by molar-refractivity contribution is 5.95. The summed E-state index contributed by atoms with van der Waals surface area (Å²) in [5, 5.41) is 0. The second kappa shape index (κ2) is 7.48. The minimum absolute atomic E-state index is 0.133. The first-order valence-corrected chi connectivity index (χ1v) is 7.27. The van der Waals surface area contributed by atoms with Crippen molar-refractivity contribution in [3.05, 3.63) is 54.1 Å². The molecule has 0 aliphatic heterocycles. The SMILES string of the molecule is CCCOc1ccccc1Oc1ccc(C(=O)CC)cc1. The predicted octanol–water partition coefficient (Wildman–Crippen LogP) is 4.86. The summed E-state index contributed by atoms with van der Waals surface area (Å²) in [7, 11) is 0. The summed E-state index contributed by atoms with van der Waals surface area (Å²) in [6.45, 7) is 4.57. The lowest BCUT2D eigenvalue weighted by atomic mass is 10.1. The Morgan fingerprint density at radius 3 is 2.24 bits per heavy atom. The maximum atomic E-state index is 11.6. The molecule has 0 aliphatic carbocycles. The molecule has 0 radical (unpaired) electrons. The van der Waals surface area contributed by atoms with E-state index in [1.54, 1.807) is 24.3 Å². The Kier molecular flexibility index (Phi) is 5.38. The summed E-state index contributed by atoms with van der Waals surface area (Å²) in [5.74, 6) is 2.23. The maximum Gasteiger partial charge on any atom is 0.169 e. The Morgan fingerprint density at radius 1 is 0.952 bits per heavy atom. The van der Waals surface area contributed by atoms with Crippen LogP contribution < -0.4 is 9.47 Å². The first-order chi connectivity index (χ1) is 10.2. The number of Topliss-reactive ketones (excluding diaryl/α,β-unsaturated/α-hetero) is 1. The van der Waals surface area contributed by atoms with Crippen LogP contribution in [0.1, 0.15) is 37.0 Å². The molecule has 0 aromatic heterocycles. The van der Waals surface area contributed by atoms with Crippen molar-refractivity contribution >= 4 is 5.78 Å². The van der Waals surface area contributed by atoms with Crippen molar-refractivity contribution in [3.63, 3.8) is 0 Å². The van der Waals surface area contributed by atoms with Crippen molar-refractivity contribution in [2.24, 2.45) is 0 Å². The molecule has 3 nitrogen and oxygen atoms in total. The minimum atomic E-state index is 0.133. The average Bonchev–Trinajstić information content (AvgIpc) is 2.54. The summed E-state index contributed by atoms with van der Waals surface area (Å²) in [6, 6.07) is 14.8. The number of ketones is 1. The van der Waals surface area contributed by atoms with E-state index in [1.165, 1.54) is 0 Å². The normalized spacial score (nSPS) is 10.2. The van der Waals surface area contributed by atoms with Crippen LogP contribution in [-0.4, -0.2) is 12.4 Å². The van der Waals surface area contributed by atoms with E-state index in [-0.39, 0.29) is 5.78 Å². The third kappa shape index (κ3) is 4.09. The Labute approximate surface area is 125 Å². The maximum absolute atomic E-state index is 11.6. The van der Waals surface area contributed by atoms with Crippen molar-refractivity contribution in [1.29, 1.82) is 0 Å². The predicted molar refractivity (Wildman–Crippen MR) is 83.4 cm³/mol. The van der Waals surface area contributed by atoms with Gasteiger partial charge < -0.3 is 9.47 Å². The Balaban J connectivity index is 2.12. The van der Waals surface area contributed by atoms with E-state index in [0.717, 1.165) is 12.2 Å². The van der Waals surface area contributed by atoms with Crippen LogP contribution in [0.25, 0.3) is 0 Å². The molecule has 0 fully saturated rings. The van der Waals surface area contributed by atoms with E-state index < -0.39 is 0 Å². The molecule has 0 spiro atoms. The third-order valence-corrected chi connectivity index (χ3v) is 3.04. The zero-order valence-corrected chi connectivity index (χ0v) is 12.5. The molecule has 3 heteroatoms. The summed E-state index contributed by atoms with van der Waals surface area (Å²) in [6.07, 6.45) is 1.45. The smallest absolute Gasteiger partial charge is 0.169 e.